The standard InChI is InChI=1S/C8H7IN2/c9-6-2-1-3-7-5(6)4-8(10)11-7/h1-4,11H,10H2. The molecule has 0 aliphatic carbocycles. The van der Waals surface area contributed by atoms with E-state index in [9.17, 15) is 0 Å². The molecule has 2 rings (SSSR count). The molecule has 2 nitrogen and oxygen atoms in total. The lowest BCUT2D eigenvalue weighted by Gasteiger charge is -1.90. The van der Waals surface area contributed by atoms with Crippen LogP contribution in [0.2, 0.25) is 0 Å². The van der Waals surface area contributed by atoms with Crippen molar-refractivity contribution >= 4 is 39.3 Å². The van der Waals surface area contributed by atoms with Crippen LogP contribution in [-0.2, 0) is 0 Å². The first kappa shape index (κ1) is 6.97. The minimum atomic E-state index is 0.726. The third kappa shape index (κ3) is 1.09. The first-order valence-corrected chi connectivity index (χ1v) is 4.38. The summed E-state index contributed by atoms with van der Waals surface area (Å²) in [6.07, 6.45) is 0. The number of anilines is 1. The Morgan fingerprint density at radius 2 is 2.18 bits per heavy atom. The predicted molar refractivity (Wildman–Crippen MR) is 55.4 cm³/mol. The number of aromatic amines is 1. The van der Waals surface area contributed by atoms with Crippen molar-refractivity contribution in [2.24, 2.45) is 0 Å². The highest BCUT2D eigenvalue weighted by atomic mass is 127. The molecule has 1 aromatic heterocycles. The molecule has 0 aliphatic rings. The number of nitrogens with one attached hydrogen (secondary N) is 1. The highest BCUT2D eigenvalue weighted by molar-refractivity contribution is 14.1. The van der Waals surface area contributed by atoms with Gasteiger partial charge in [-0.1, -0.05) is 6.07 Å². The SMILES string of the molecule is Nc1cc2c(I)cccc2[nH]1. The van der Waals surface area contributed by atoms with Gasteiger partial charge in [0.15, 0.2) is 0 Å². The lowest BCUT2D eigenvalue weighted by molar-refractivity contribution is 1.47. The van der Waals surface area contributed by atoms with E-state index in [0.717, 1.165) is 11.3 Å². The van der Waals surface area contributed by atoms with Crippen LogP contribution in [0.25, 0.3) is 10.9 Å². The topological polar surface area (TPSA) is 41.8 Å². The van der Waals surface area contributed by atoms with Crippen LogP contribution in [0, 0.1) is 3.57 Å². The van der Waals surface area contributed by atoms with E-state index in [1.54, 1.807) is 0 Å². The smallest absolute Gasteiger partial charge is 0.101 e. The molecule has 0 radical (unpaired) electrons. The molecular formula is C8H7IN2. The number of benzene rings is 1. The van der Waals surface area contributed by atoms with E-state index in [1.165, 1.54) is 8.96 Å². The van der Waals surface area contributed by atoms with Crippen LogP contribution < -0.4 is 5.73 Å². The maximum absolute atomic E-state index is 5.60. The van der Waals surface area contributed by atoms with E-state index >= 15 is 0 Å². The van der Waals surface area contributed by atoms with Crippen molar-refractivity contribution in [3.8, 4) is 0 Å². The largest absolute Gasteiger partial charge is 0.385 e. The van der Waals surface area contributed by atoms with Gasteiger partial charge in [-0.3, -0.25) is 0 Å². The molecule has 56 valence electrons. The van der Waals surface area contributed by atoms with Crippen LogP contribution >= 0.6 is 22.6 Å². The number of aromatic nitrogens is 1. The summed E-state index contributed by atoms with van der Waals surface area (Å²) < 4.78 is 1.23. The first-order valence-electron chi connectivity index (χ1n) is 3.30. The van der Waals surface area contributed by atoms with E-state index in [4.69, 9.17) is 5.73 Å². The number of nitrogen functional groups attached to an aromatic ring is 1. The van der Waals surface area contributed by atoms with Crippen molar-refractivity contribution in [1.82, 2.24) is 4.98 Å². The Balaban J connectivity index is 2.90. The summed E-state index contributed by atoms with van der Waals surface area (Å²) in [4.78, 5) is 3.07. The second kappa shape index (κ2) is 2.41. The lowest BCUT2D eigenvalue weighted by atomic mass is 10.2. The number of fused-ring (bicyclic) bond motifs is 1. The Morgan fingerprint density at radius 1 is 1.36 bits per heavy atom. The van der Waals surface area contributed by atoms with Gasteiger partial charge in [-0.25, -0.2) is 0 Å². The van der Waals surface area contributed by atoms with Gasteiger partial charge >= 0.3 is 0 Å². The van der Waals surface area contributed by atoms with Crippen LogP contribution in [0.5, 0.6) is 0 Å². The lowest BCUT2D eigenvalue weighted by Crippen LogP contribution is -1.80. The van der Waals surface area contributed by atoms with Crippen LogP contribution in [-0.4, -0.2) is 4.98 Å². The highest BCUT2D eigenvalue weighted by Gasteiger charge is 1.99. The number of nitrogens with two attached hydrogens (primary N) is 1. The van der Waals surface area contributed by atoms with Gasteiger partial charge in [0.05, 0.1) is 0 Å². The summed E-state index contributed by atoms with van der Waals surface area (Å²) in [5.74, 6) is 0.726. The quantitative estimate of drug-likeness (QED) is 0.700. The number of H-pyrrole nitrogens is 1. The number of halogens is 1. The van der Waals surface area contributed by atoms with Gasteiger partial charge in [0.1, 0.15) is 5.82 Å². The molecule has 0 aliphatic heterocycles. The molecule has 3 N–H and O–H groups in total. The van der Waals surface area contributed by atoms with Gasteiger partial charge in [0, 0.05) is 14.5 Å². The fourth-order valence-corrected chi connectivity index (χ4v) is 1.79. The predicted octanol–water partition coefficient (Wildman–Crippen LogP) is 2.35. The molecule has 0 unspecified atom stereocenters. The zero-order chi connectivity index (χ0) is 7.84. The Labute approximate surface area is 77.9 Å². The van der Waals surface area contributed by atoms with E-state index in [1.807, 2.05) is 18.2 Å². The molecule has 0 atom stereocenters. The zero-order valence-corrected chi connectivity index (χ0v) is 7.92. The Bertz CT molecular complexity index is 392. The average Bonchev–Trinajstić information content (AvgIpc) is 2.31. The van der Waals surface area contributed by atoms with Gasteiger partial charge in [0.2, 0.25) is 0 Å². The van der Waals surface area contributed by atoms with Gasteiger partial charge < -0.3 is 10.7 Å². The van der Waals surface area contributed by atoms with Crippen molar-refractivity contribution in [3.05, 3.63) is 27.8 Å². The van der Waals surface area contributed by atoms with E-state index in [-0.39, 0.29) is 0 Å². The summed E-state index contributed by atoms with van der Waals surface area (Å²) >= 11 is 2.30. The van der Waals surface area contributed by atoms with Crippen molar-refractivity contribution in [1.29, 1.82) is 0 Å². The molecule has 11 heavy (non-hydrogen) atoms. The average molecular weight is 258 g/mol. The Hall–Kier alpha value is -0.710. The normalized spacial score (nSPS) is 10.6. The zero-order valence-electron chi connectivity index (χ0n) is 5.76. The van der Waals surface area contributed by atoms with Gasteiger partial charge in [0.25, 0.3) is 0 Å². The summed E-state index contributed by atoms with van der Waals surface area (Å²) in [6, 6.07) is 8.06. The molecule has 0 fully saturated rings. The van der Waals surface area contributed by atoms with Gasteiger partial charge in [-0.2, -0.15) is 0 Å². The van der Waals surface area contributed by atoms with Crippen LogP contribution in [0.15, 0.2) is 24.3 Å². The van der Waals surface area contributed by atoms with Crippen molar-refractivity contribution in [2.45, 2.75) is 0 Å². The van der Waals surface area contributed by atoms with Crippen molar-refractivity contribution < 1.29 is 0 Å². The molecule has 1 heterocycles. The van der Waals surface area contributed by atoms with Crippen molar-refractivity contribution in [3.63, 3.8) is 0 Å². The summed E-state index contributed by atoms with van der Waals surface area (Å²) in [5, 5.41) is 1.20. The van der Waals surface area contributed by atoms with Crippen molar-refractivity contribution in [2.75, 3.05) is 5.73 Å². The molecule has 0 bridgehead atoms. The van der Waals surface area contributed by atoms with Crippen LogP contribution in [0.4, 0.5) is 5.82 Å². The third-order valence-electron chi connectivity index (χ3n) is 1.63. The number of rotatable bonds is 0. The second-order valence-electron chi connectivity index (χ2n) is 2.43. The Kier molecular flexibility index (Phi) is 1.52. The maximum Gasteiger partial charge on any atom is 0.101 e. The van der Waals surface area contributed by atoms with E-state index in [2.05, 4.69) is 33.6 Å². The summed E-state index contributed by atoms with van der Waals surface area (Å²) in [6.45, 7) is 0. The Morgan fingerprint density at radius 3 is 2.91 bits per heavy atom. The van der Waals surface area contributed by atoms with Crippen LogP contribution in [0.1, 0.15) is 0 Å². The fourth-order valence-electron chi connectivity index (χ4n) is 1.14. The maximum atomic E-state index is 5.60. The van der Waals surface area contributed by atoms with E-state index < -0.39 is 0 Å². The minimum absolute atomic E-state index is 0.726. The molecule has 0 saturated heterocycles. The first-order chi connectivity index (χ1) is 5.27. The molecule has 1 aromatic carbocycles. The molecular weight excluding hydrogens is 251 g/mol. The molecule has 3 heteroatoms. The summed E-state index contributed by atoms with van der Waals surface area (Å²) in [5.41, 5.74) is 6.71. The molecule has 0 saturated carbocycles. The number of hydrogen-bond acceptors (Lipinski definition) is 1. The highest BCUT2D eigenvalue weighted by Crippen LogP contribution is 2.21. The summed E-state index contributed by atoms with van der Waals surface area (Å²) in [7, 11) is 0. The van der Waals surface area contributed by atoms with Gasteiger partial charge in [-0.05, 0) is 40.8 Å². The third-order valence-corrected chi connectivity index (χ3v) is 2.57. The van der Waals surface area contributed by atoms with Crippen LogP contribution in [0.3, 0.4) is 0 Å². The molecule has 2 aromatic rings. The number of hydrogen-bond donors (Lipinski definition) is 2. The fraction of sp³-hybridized carbons (Fsp3) is 0. The minimum Gasteiger partial charge on any atom is -0.385 e. The second-order valence-corrected chi connectivity index (χ2v) is 3.59. The molecule has 0 amide bonds. The monoisotopic (exact) mass is 258 g/mol. The van der Waals surface area contributed by atoms with E-state index in [0.29, 0.717) is 0 Å². The van der Waals surface area contributed by atoms with Gasteiger partial charge in [-0.15, -0.1) is 0 Å². The molecule has 0 spiro atoms.